The number of aromatic hydroxyl groups is 1. The minimum absolute atomic E-state index is 0. The van der Waals surface area contributed by atoms with Crippen LogP contribution in [0.3, 0.4) is 0 Å². The van der Waals surface area contributed by atoms with Crippen LogP contribution in [-0.2, 0) is 19.4 Å². The number of aliphatic imine (C=N–C) groups is 1. The van der Waals surface area contributed by atoms with Crippen molar-refractivity contribution in [2.75, 3.05) is 7.05 Å². The van der Waals surface area contributed by atoms with E-state index in [9.17, 15) is 5.11 Å². The zero-order valence-corrected chi connectivity index (χ0v) is 16.2. The molecule has 0 radical (unpaired) electrons. The summed E-state index contributed by atoms with van der Waals surface area (Å²) < 4.78 is 0. The number of rotatable bonds is 3. The molecule has 128 valence electrons. The van der Waals surface area contributed by atoms with E-state index in [-0.39, 0.29) is 24.0 Å². The summed E-state index contributed by atoms with van der Waals surface area (Å²) >= 11 is 0. The fraction of sp³-hybridized carbons (Fsp3) is 0.611. The molecule has 0 bridgehead atoms. The van der Waals surface area contributed by atoms with Crippen LogP contribution in [0.1, 0.15) is 55.2 Å². The molecule has 2 aliphatic rings. The second kappa shape index (κ2) is 8.76. The van der Waals surface area contributed by atoms with Crippen LogP contribution in [0.5, 0.6) is 5.75 Å². The van der Waals surface area contributed by atoms with Gasteiger partial charge < -0.3 is 15.7 Å². The molecule has 5 heteroatoms. The maximum absolute atomic E-state index is 10.2. The minimum atomic E-state index is 0. The second-order valence-electron chi connectivity index (χ2n) is 6.46. The number of aryl methyl sites for hydroxylation is 1. The molecule has 1 aromatic carbocycles. The third kappa shape index (κ3) is 4.52. The zero-order valence-electron chi connectivity index (χ0n) is 13.9. The number of benzene rings is 1. The van der Waals surface area contributed by atoms with Gasteiger partial charge in [-0.1, -0.05) is 18.9 Å². The van der Waals surface area contributed by atoms with Crippen molar-refractivity contribution in [3.05, 3.63) is 28.8 Å². The smallest absolute Gasteiger partial charge is 0.191 e. The number of hydrogen-bond donors (Lipinski definition) is 3. The van der Waals surface area contributed by atoms with Gasteiger partial charge in [0.25, 0.3) is 0 Å². The van der Waals surface area contributed by atoms with Gasteiger partial charge in [0.2, 0.25) is 0 Å². The van der Waals surface area contributed by atoms with Gasteiger partial charge >= 0.3 is 0 Å². The normalized spacial score (nSPS) is 18.2. The van der Waals surface area contributed by atoms with Crippen LogP contribution in [0.4, 0.5) is 0 Å². The number of nitrogens with one attached hydrogen (secondary N) is 2. The summed E-state index contributed by atoms with van der Waals surface area (Å²) in [7, 11) is 1.81. The van der Waals surface area contributed by atoms with Gasteiger partial charge in [0, 0.05) is 25.2 Å². The topological polar surface area (TPSA) is 56.7 Å². The van der Waals surface area contributed by atoms with Crippen LogP contribution < -0.4 is 10.6 Å². The quantitative estimate of drug-likeness (QED) is 0.392. The minimum Gasteiger partial charge on any atom is -0.508 e. The lowest BCUT2D eigenvalue weighted by Gasteiger charge is -2.22. The number of guanidine groups is 1. The summed E-state index contributed by atoms with van der Waals surface area (Å²) in [6.07, 6.45) is 9.77. The highest BCUT2D eigenvalue weighted by atomic mass is 127. The number of phenolic OH excluding ortho intramolecular Hbond substituents is 1. The Morgan fingerprint density at radius 2 is 1.91 bits per heavy atom. The van der Waals surface area contributed by atoms with Gasteiger partial charge in [0.15, 0.2) is 5.96 Å². The van der Waals surface area contributed by atoms with E-state index in [1.54, 1.807) is 0 Å². The largest absolute Gasteiger partial charge is 0.508 e. The molecule has 0 heterocycles. The molecule has 23 heavy (non-hydrogen) atoms. The maximum Gasteiger partial charge on any atom is 0.191 e. The van der Waals surface area contributed by atoms with Crippen molar-refractivity contribution in [3.63, 3.8) is 0 Å². The second-order valence-corrected chi connectivity index (χ2v) is 6.46. The predicted octanol–water partition coefficient (Wildman–Crippen LogP) is 3.50. The Kier molecular flexibility index (Phi) is 6.99. The molecule has 2 aliphatic carbocycles. The molecule has 1 fully saturated rings. The lowest BCUT2D eigenvalue weighted by Crippen LogP contribution is -2.42. The van der Waals surface area contributed by atoms with E-state index in [1.165, 1.54) is 49.7 Å². The van der Waals surface area contributed by atoms with Crippen molar-refractivity contribution in [2.24, 2.45) is 4.99 Å². The fourth-order valence-corrected chi connectivity index (χ4v) is 3.72. The van der Waals surface area contributed by atoms with E-state index in [4.69, 9.17) is 0 Å². The van der Waals surface area contributed by atoms with E-state index >= 15 is 0 Å². The Balaban J connectivity index is 0.00000192. The van der Waals surface area contributed by atoms with Crippen LogP contribution in [-0.4, -0.2) is 24.2 Å². The average molecular weight is 429 g/mol. The first-order chi connectivity index (χ1) is 10.8. The van der Waals surface area contributed by atoms with Crippen molar-refractivity contribution in [2.45, 2.75) is 64.0 Å². The van der Waals surface area contributed by atoms with Crippen LogP contribution in [0, 0.1) is 0 Å². The van der Waals surface area contributed by atoms with Crippen molar-refractivity contribution in [3.8, 4) is 5.75 Å². The molecule has 0 spiro atoms. The third-order valence-electron chi connectivity index (χ3n) is 4.98. The van der Waals surface area contributed by atoms with Crippen molar-refractivity contribution >= 4 is 29.9 Å². The molecular formula is C18H28IN3O. The Bertz CT molecular complexity index is 553. The summed E-state index contributed by atoms with van der Waals surface area (Å²) in [6, 6.07) is 4.47. The summed E-state index contributed by atoms with van der Waals surface area (Å²) in [4.78, 5) is 4.32. The van der Waals surface area contributed by atoms with Gasteiger partial charge in [0.05, 0.1) is 0 Å². The Labute approximate surface area is 156 Å². The number of phenols is 1. The Hall–Kier alpha value is -0.980. The van der Waals surface area contributed by atoms with E-state index in [0.717, 1.165) is 24.4 Å². The lowest BCUT2D eigenvalue weighted by molar-refractivity contribution is 0.463. The van der Waals surface area contributed by atoms with Gasteiger partial charge in [-0.3, -0.25) is 4.99 Å². The first-order valence-corrected chi connectivity index (χ1v) is 8.57. The highest BCUT2D eigenvalue weighted by Gasteiger charge is 2.18. The van der Waals surface area contributed by atoms with E-state index < -0.39 is 0 Å². The highest BCUT2D eigenvalue weighted by Crippen LogP contribution is 2.30. The lowest BCUT2D eigenvalue weighted by atomic mass is 9.88. The average Bonchev–Trinajstić information content (AvgIpc) is 3.05. The monoisotopic (exact) mass is 429 g/mol. The van der Waals surface area contributed by atoms with Crippen molar-refractivity contribution in [1.82, 2.24) is 10.6 Å². The molecule has 0 aromatic heterocycles. The summed E-state index contributed by atoms with van der Waals surface area (Å²) in [5.74, 6) is 1.25. The molecule has 4 nitrogen and oxygen atoms in total. The van der Waals surface area contributed by atoms with Gasteiger partial charge in [-0.05, 0) is 55.7 Å². The number of halogens is 1. The molecule has 1 aromatic rings. The molecule has 1 saturated carbocycles. The maximum atomic E-state index is 10.2. The molecule has 0 aliphatic heterocycles. The molecule has 3 N–H and O–H groups in total. The van der Waals surface area contributed by atoms with Crippen molar-refractivity contribution in [1.29, 1.82) is 0 Å². The van der Waals surface area contributed by atoms with Crippen LogP contribution >= 0.6 is 24.0 Å². The standard InChI is InChI=1S/C18H27N3O.HI/c1-19-18(21-14-7-3-4-8-14)20-12-16-15-9-5-2-6-13(15)10-11-17(16)22;/h10-11,14,22H,2-9,12H2,1H3,(H2,19,20,21);1H. The summed E-state index contributed by atoms with van der Waals surface area (Å²) in [5.41, 5.74) is 3.79. The zero-order chi connectivity index (χ0) is 15.4. The first-order valence-electron chi connectivity index (χ1n) is 8.57. The van der Waals surface area contributed by atoms with Gasteiger partial charge in [0.1, 0.15) is 5.75 Å². The molecular weight excluding hydrogens is 401 g/mol. The number of hydrogen-bond acceptors (Lipinski definition) is 2. The van der Waals surface area contributed by atoms with Crippen LogP contribution in [0.2, 0.25) is 0 Å². The number of nitrogens with zero attached hydrogens (tertiary/aromatic N) is 1. The molecule has 0 unspecified atom stereocenters. The molecule has 0 amide bonds. The predicted molar refractivity (Wildman–Crippen MR) is 106 cm³/mol. The molecule has 3 rings (SSSR count). The van der Waals surface area contributed by atoms with Crippen molar-refractivity contribution < 1.29 is 5.11 Å². The van der Waals surface area contributed by atoms with E-state index in [0.29, 0.717) is 18.3 Å². The summed E-state index contributed by atoms with van der Waals surface area (Å²) in [5, 5.41) is 17.1. The van der Waals surface area contributed by atoms with E-state index in [1.807, 2.05) is 13.1 Å². The van der Waals surface area contributed by atoms with Crippen LogP contribution in [0.25, 0.3) is 0 Å². The van der Waals surface area contributed by atoms with Crippen LogP contribution in [0.15, 0.2) is 17.1 Å². The Morgan fingerprint density at radius 3 is 2.65 bits per heavy atom. The van der Waals surface area contributed by atoms with Gasteiger partial charge in [-0.25, -0.2) is 0 Å². The summed E-state index contributed by atoms with van der Waals surface area (Å²) in [6.45, 7) is 0.640. The first kappa shape index (κ1) is 18.4. The fourth-order valence-electron chi connectivity index (χ4n) is 3.72. The molecule has 0 saturated heterocycles. The van der Waals surface area contributed by atoms with Gasteiger partial charge in [-0.15, -0.1) is 24.0 Å². The highest BCUT2D eigenvalue weighted by molar-refractivity contribution is 14.0. The Morgan fingerprint density at radius 1 is 1.17 bits per heavy atom. The third-order valence-corrected chi connectivity index (χ3v) is 4.98. The molecule has 0 atom stereocenters. The van der Waals surface area contributed by atoms with Gasteiger partial charge in [-0.2, -0.15) is 0 Å². The SMILES string of the molecule is CN=C(NCc1c(O)ccc2c1CCCC2)NC1CCCC1.I. The number of fused-ring (bicyclic) bond motifs is 1. The van der Waals surface area contributed by atoms with E-state index in [2.05, 4.69) is 21.7 Å².